The van der Waals surface area contributed by atoms with Crippen LogP contribution < -0.4 is 15.0 Å². The molecular weight excluding hydrogens is 540 g/mol. The molecule has 0 saturated carbocycles. The fourth-order valence-corrected chi connectivity index (χ4v) is 3.91. The first-order valence-corrected chi connectivity index (χ1v) is 11.3. The average Bonchev–Trinajstić information content (AvgIpc) is 2.82. The first-order valence-electron chi connectivity index (χ1n) is 10.1. The summed E-state index contributed by atoms with van der Waals surface area (Å²) in [6.07, 6.45) is 1.38. The Balaban J connectivity index is 1.52. The van der Waals surface area contributed by atoms with E-state index in [2.05, 4.69) is 21.2 Å². The Bertz CT molecular complexity index is 1370. The zero-order chi connectivity index (χ0) is 25.1. The molecule has 1 aliphatic heterocycles. The number of halogens is 2. The van der Waals surface area contributed by atoms with E-state index in [0.717, 1.165) is 10.5 Å². The van der Waals surface area contributed by atoms with Gasteiger partial charge in [0.15, 0.2) is 0 Å². The highest BCUT2D eigenvalue weighted by atomic mass is 79.9. The van der Waals surface area contributed by atoms with Crippen LogP contribution in [0.15, 0.2) is 76.8 Å². The van der Waals surface area contributed by atoms with Gasteiger partial charge in [0.25, 0.3) is 11.8 Å². The molecule has 0 radical (unpaired) electrons. The van der Waals surface area contributed by atoms with Gasteiger partial charge in [0.05, 0.1) is 15.7 Å². The Labute approximate surface area is 212 Å². The number of aromatic carboxylic acids is 1. The number of carboxylic acid groups (broad SMARTS) is 1. The van der Waals surface area contributed by atoms with Crippen molar-refractivity contribution >= 4 is 63.1 Å². The van der Waals surface area contributed by atoms with Crippen LogP contribution in [0.4, 0.5) is 10.5 Å². The maximum absolute atomic E-state index is 13.0. The van der Waals surface area contributed by atoms with Gasteiger partial charge in [0.1, 0.15) is 17.9 Å². The lowest BCUT2D eigenvalue weighted by molar-refractivity contribution is -0.122. The van der Waals surface area contributed by atoms with Gasteiger partial charge in [0.2, 0.25) is 0 Å². The van der Waals surface area contributed by atoms with E-state index in [9.17, 15) is 19.2 Å². The second-order valence-corrected chi connectivity index (χ2v) is 8.71. The van der Waals surface area contributed by atoms with E-state index in [-0.39, 0.29) is 23.4 Å². The van der Waals surface area contributed by atoms with Crippen LogP contribution >= 0.6 is 27.5 Å². The Hall–Kier alpha value is -3.95. The van der Waals surface area contributed by atoms with E-state index >= 15 is 0 Å². The van der Waals surface area contributed by atoms with Gasteiger partial charge in [-0.25, -0.2) is 14.5 Å². The topological polar surface area (TPSA) is 113 Å². The number of hydrogen-bond donors (Lipinski definition) is 2. The Kier molecular flexibility index (Phi) is 6.99. The fourth-order valence-electron chi connectivity index (χ4n) is 3.28. The predicted octanol–water partition coefficient (Wildman–Crippen LogP) is 5.05. The van der Waals surface area contributed by atoms with Gasteiger partial charge in [0, 0.05) is 5.02 Å². The summed E-state index contributed by atoms with van der Waals surface area (Å²) < 4.78 is 6.36. The fraction of sp³-hybridized carbons (Fsp3) is 0.0400. The number of carbonyl (C=O) groups is 4. The maximum atomic E-state index is 13.0. The van der Waals surface area contributed by atoms with Crippen LogP contribution in [-0.4, -0.2) is 28.9 Å². The number of urea groups is 1. The molecule has 1 saturated heterocycles. The number of barbiturate groups is 1. The van der Waals surface area contributed by atoms with Crippen LogP contribution in [0.1, 0.15) is 21.5 Å². The van der Waals surface area contributed by atoms with Gasteiger partial charge < -0.3 is 9.84 Å². The number of hydrogen-bond acceptors (Lipinski definition) is 5. The van der Waals surface area contributed by atoms with Gasteiger partial charge >= 0.3 is 12.0 Å². The number of nitrogens with zero attached hydrogens (tertiary/aromatic N) is 1. The van der Waals surface area contributed by atoms with Crippen molar-refractivity contribution in [3.63, 3.8) is 0 Å². The third-order valence-corrected chi connectivity index (χ3v) is 5.92. The number of rotatable bonds is 6. The number of amides is 4. The van der Waals surface area contributed by atoms with Gasteiger partial charge in [-0.1, -0.05) is 29.8 Å². The molecule has 2 N–H and O–H groups in total. The van der Waals surface area contributed by atoms with Crippen molar-refractivity contribution < 1.29 is 29.0 Å². The highest BCUT2D eigenvalue weighted by Crippen LogP contribution is 2.29. The lowest BCUT2D eigenvalue weighted by atomic mass is 10.1. The minimum Gasteiger partial charge on any atom is -0.488 e. The number of anilines is 1. The molecule has 0 atom stereocenters. The van der Waals surface area contributed by atoms with Crippen LogP contribution in [0.25, 0.3) is 6.08 Å². The summed E-state index contributed by atoms with van der Waals surface area (Å²) in [5, 5.41) is 11.6. The first-order chi connectivity index (χ1) is 16.7. The molecule has 1 aliphatic rings. The van der Waals surface area contributed by atoms with E-state index in [4.69, 9.17) is 21.4 Å². The number of nitrogens with one attached hydrogen (secondary N) is 1. The lowest BCUT2D eigenvalue weighted by Gasteiger charge is -2.26. The second-order valence-electron chi connectivity index (χ2n) is 7.41. The number of imide groups is 2. The zero-order valence-corrected chi connectivity index (χ0v) is 20.2. The van der Waals surface area contributed by atoms with Crippen molar-refractivity contribution in [1.29, 1.82) is 0 Å². The minimum atomic E-state index is -1.00. The molecule has 0 spiro atoms. The molecule has 1 fully saturated rings. The predicted molar refractivity (Wildman–Crippen MR) is 132 cm³/mol. The molecule has 0 bridgehead atoms. The summed E-state index contributed by atoms with van der Waals surface area (Å²) in [4.78, 5) is 49.5. The SMILES string of the molecule is O=C1NC(=O)N(c2ccc(Cl)cc2)C(=O)/C1=C/c1ccc(OCc2ccc(C(=O)O)cc2)c(Br)c1. The van der Waals surface area contributed by atoms with Crippen LogP contribution in [0.5, 0.6) is 5.75 Å². The number of carboxylic acids is 1. The van der Waals surface area contributed by atoms with Gasteiger partial charge in [-0.2, -0.15) is 0 Å². The van der Waals surface area contributed by atoms with Crippen LogP contribution in [0.2, 0.25) is 5.02 Å². The standard InChI is InChI=1S/C25H16BrClN2O6/c26-20-12-15(3-10-21(20)35-13-14-1-4-16(5-2-14)24(32)33)11-19-22(30)28-25(34)29(23(19)31)18-8-6-17(27)7-9-18/h1-12H,13H2,(H,32,33)(H,28,30,34)/b19-11+. The molecule has 0 aliphatic carbocycles. The van der Waals surface area contributed by atoms with Crippen molar-refractivity contribution in [1.82, 2.24) is 5.32 Å². The summed E-state index contributed by atoms with van der Waals surface area (Å²) in [6.45, 7) is 0.206. The maximum Gasteiger partial charge on any atom is 0.335 e. The molecule has 3 aromatic rings. The van der Waals surface area contributed by atoms with Crippen molar-refractivity contribution in [3.05, 3.63) is 98.5 Å². The van der Waals surface area contributed by atoms with Crippen LogP contribution in [0, 0.1) is 0 Å². The molecule has 4 rings (SSSR count). The van der Waals surface area contributed by atoms with Crippen molar-refractivity contribution in [3.8, 4) is 5.75 Å². The van der Waals surface area contributed by atoms with E-state index in [0.29, 0.717) is 20.8 Å². The Morgan fingerprint density at radius 1 is 1.03 bits per heavy atom. The van der Waals surface area contributed by atoms with E-state index in [1.807, 2.05) is 0 Å². The first kappa shape index (κ1) is 24.2. The smallest absolute Gasteiger partial charge is 0.335 e. The molecule has 176 valence electrons. The Morgan fingerprint density at radius 3 is 2.34 bits per heavy atom. The molecule has 10 heteroatoms. The molecule has 35 heavy (non-hydrogen) atoms. The number of ether oxygens (including phenoxy) is 1. The Morgan fingerprint density at radius 2 is 1.71 bits per heavy atom. The quantitative estimate of drug-likeness (QED) is 0.325. The van der Waals surface area contributed by atoms with Crippen molar-refractivity contribution in [2.75, 3.05) is 4.90 Å². The summed E-state index contributed by atoms with van der Waals surface area (Å²) in [5.74, 6) is -2.06. The highest BCUT2D eigenvalue weighted by molar-refractivity contribution is 9.10. The molecule has 0 unspecified atom stereocenters. The molecule has 3 aromatic carbocycles. The largest absolute Gasteiger partial charge is 0.488 e. The summed E-state index contributed by atoms with van der Waals surface area (Å²) >= 11 is 9.30. The van der Waals surface area contributed by atoms with Gasteiger partial charge in [-0.3, -0.25) is 14.9 Å². The van der Waals surface area contributed by atoms with Crippen molar-refractivity contribution in [2.24, 2.45) is 0 Å². The van der Waals surface area contributed by atoms with Crippen molar-refractivity contribution in [2.45, 2.75) is 6.61 Å². The van der Waals surface area contributed by atoms with Gasteiger partial charge in [-0.05, 0) is 81.7 Å². The normalized spacial score (nSPS) is 14.7. The van der Waals surface area contributed by atoms with E-state index in [1.54, 1.807) is 30.3 Å². The number of carbonyl (C=O) groups excluding carboxylic acids is 3. The third-order valence-electron chi connectivity index (χ3n) is 5.05. The van der Waals surface area contributed by atoms with Crippen LogP contribution in [0.3, 0.4) is 0 Å². The third kappa shape index (κ3) is 5.42. The molecule has 8 nitrogen and oxygen atoms in total. The van der Waals surface area contributed by atoms with E-state index in [1.165, 1.54) is 42.5 Å². The summed E-state index contributed by atoms with van der Waals surface area (Å²) in [5.41, 5.74) is 1.56. The second kappa shape index (κ2) is 10.1. The van der Waals surface area contributed by atoms with E-state index < -0.39 is 23.8 Å². The summed E-state index contributed by atoms with van der Waals surface area (Å²) in [7, 11) is 0. The average molecular weight is 556 g/mol. The highest BCUT2D eigenvalue weighted by Gasteiger charge is 2.36. The molecule has 1 heterocycles. The lowest BCUT2D eigenvalue weighted by Crippen LogP contribution is -2.54. The van der Waals surface area contributed by atoms with Crippen LogP contribution in [-0.2, 0) is 16.2 Å². The molecular formula is C25H16BrClN2O6. The summed E-state index contributed by atoms with van der Waals surface area (Å²) in [6, 6.07) is 16.5. The monoisotopic (exact) mass is 554 g/mol. The van der Waals surface area contributed by atoms with Gasteiger partial charge in [-0.15, -0.1) is 0 Å². The molecule has 4 amide bonds. The zero-order valence-electron chi connectivity index (χ0n) is 17.8. The minimum absolute atomic E-state index is 0.185. The number of benzene rings is 3. The molecule has 0 aromatic heterocycles.